The second-order valence-corrected chi connectivity index (χ2v) is 6.82. The number of methoxy groups -OCH3 is 1. The zero-order valence-corrected chi connectivity index (χ0v) is 17.0. The van der Waals surface area contributed by atoms with Crippen LogP contribution in [0.5, 0.6) is 5.75 Å². The third-order valence-corrected chi connectivity index (χ3v) is 4.84. The highest BCUT2D eigenvalue weighted by molar-refractivity contribution is 5.96. The predicted molar refractivity (Wildman–Crippen MR) is 112 cm³/mol. The van der Waals surface area contributed by atoms with Crippen LogP contribution in [0, 0.1) is 11.3 Å². The Morgan fingerprint density at radius 3 is 2.55 bits per heavy atom. The fourth-order valence-corrected chi connectivity index (χ4v) is 3.07. The molecule has 160 valence electrons. The molecular weight excluding hydrogens is 404 g/mol. The number of nitrogen functional groups attached to an aromatic ring is 1. The molecule has 3 aromatic rings. The molecule has 0 bridgehead atoms. The number of amides is 1. The van der Waals surface area contributed by atoms with E-state index in [-0.39, 0.29) is 29.5 Å². The van der Waals surface area contributed by atoms with E-state index in [4.69, 9.17) is 10.5 Å². The summed E-state index contributed by atoms with van der Waals surface area (Å²) in [6.45, 7) is 1.55. The number of benzene rings is 2. The Balaban J connectivity index is 1.77. The lowest BCUT2D eigenvalue weighted by atomic mass is 10.1. The summed E-state index contributed by atoms with van der Waals surface area (Å²) in [6.07, 6.45) is -2.67. The molecule has 0 spiro atoms. The first-order valence-electron chi connectivity index (χ1n) is 9.44. The van der Waals surface area contributed by atoms with Crippen molar-refractivity contribution in [3.63, 3.8) is 0 Å². The number of nitriles is 1. The molecule has 0 aliphatic rings. The third-order valence-electron chi connectivity index (χ3n) is 4.84. The number of nitrogens with zero attached hydrogens (tertiary/aromatic N) is 3. The van der Waals surface area contributed by atoms with Gasteiger partial charge in [0.2, 0.25) is 0 Å². The van der Waals surface area contributed by atoms with E-state index in [9.17, 15) is 18.8 Å². The molecule has 1 unspecified atom stereocenters. The summed E-state index contributed by atoms with van der Waals surface area (Å²) in [6, 6.07) is 14.5. The number of nitrogens with two attached hydrogens (primary N) is 1. The van der Waals surface area contributed by atoms with Crippen molar-refractivity contribution in [2.45, 2.75) is 25.9 Å². The molecule has 1 atom stereocenters. The Bertz CT molecular complexity index is 1120. The van der Waals surface area contributed by atoms with Gasteiger partial charge in [-0.15, -0.1) is 0 Å². The Labute approximate surface area is 178 Å². The molecule has 1 aromatic heterocycles. The van der Waals surface area contributed by atoms with Crippen LogP contribution in [0.1, 0.15) is 34.5 Å². The topological polar surface area (TPSA) is 106 Å². The van der Waals surface area contributed by atoms with Gasteiger partial charge in [-0.1, -0.05) is 36.4 Å². The van der Waals surface area contributed by atoms with E-state index in [1.54, 1.807) is 48.5 Å². The number of hydrogen-bond acceptors (Lipinski definition) is 5. The smallest absolute Gasteiger partial charge is 0.260 e. The molecule has 1 amide bonds. The van der Waals surface area contributed by atoms with Gasteiger partial charge >= 0.3 is 0 Å². The minimum Gasteiger partial charge on any atom is -0.496 e. The van der Waals surface area contributed by atoms with Crippen LogP contribution >= 0.6 is 0 Å². The minimum atomic E-state index is -2.67. The van der Waals surface area contributed by atoms with E-state index in [0.717, 1.165) is 10.2 Å². The summed E-state index contributed by atoms with van der Waals surface area (Å²) >= 11 is 0. The van der Waals surface area contributed by atoms with Gasteiger partial charge in [-0.2, -0.15) is 10.4 Å². The number of carbonyl (C=O) groups excluding carboxylic acids is 1. The Kier molecular flexibility index (Phi) is 6.50. The van der Waals surface area contributed by atoms with Crippen LogP contribution in [-0.2, 0) is 6.54 Å². The van der Waals surface area contributed by atoms with Crippen molar-refractivity contribution < 1.29 is 18.3 Å². The highest BCUT2D eigenvalue weighted by atomic mass is 19.3. The number of anilines is 1. The SMILES string of the molecule is COc1ccccc1C(=O)NCc1ccc(-c2nn(C(C)C(F)F)c(N)c2C#N)cc1. The first kappa shape index (κ1) is 21.8. The average Bonchev–Trinajstić information content (AvgIpc) is 3.13. The van der Waals surface area contributed by atoms with E-state index in [1.165, 1.54) is 14.0 Å². The van der Waals surface area contributed by atoms with Crippen LogP contribution in [0.15, 0.2) is 48.5 Å². The van der Waals surface area contributed by atoms with Crippen LogP contribution in [0.2, 0.25) is 0 Å². The quantitative estimate of drug-likeness (QED) is 0.599. The molecule has 7 nitrogen and oxygen atoms in total. The van der Waals surface area contributed by atoms with Gasteiger partial charge in [0, 0.05) is 12.1 Å². The van der Waals surface area contributed by atoms with Crippen LogP contribution in [0.3, 0.4) is 0 Å². The number of rotatable bonds is 7. The zero-order valence-electron chi connectivity index (χ0n) is 17.0. The first-order valence-corrected chi connectivity index (χ1v) is 9.44. The molecule has 3 rings (SSSR count). The summed E-state index contributed by atoms with van der Waals surface area (Å²) < 4.78 is 32.3. The van der Waals surface area contributed by atoms with Crippen molar-refractivity contribution in [3.05, 3.63) is 65.2 Å². The fraction of sp³-hybridized carbons (Fsp3) is 0.227. The van der Waals surface area contributed by atoms with Crippen molar-refractivity contribution in [2.24, 2.45) is 0 Å². The molecule has 31 heavy (non-hydrogen) atoms. The van der Waals surface area contributed by atoms with Gasteiger partial charge in [-0.05, 0) is 24.6 Å². The van der Waals surface area contributed by atoms with Crippen LogP contribution in [0.4, 0.5) is 14.6 Å². The van der Waals surface area contributed by atoms with E-state index < -0.39 is 12.5 Å². The number of aromatic nitrogens is 2. The van der Waals surface area contributed by atoms with Crippen molar-refractivity contribution in [2.75, 3.05) is 12.8 Å². The van der Waals surface area contributed by atoms with Crippen molar-refractivity contribution in [1.82, 2.24) is 15.1 Å². The maximum Gasteiger partial charge on any atom is 0.260 e. The Hall–Kier alpha value is -3.93. The second kappa shape index (κ2) is 9.26. The fourth-order valence-electron chi connectivity index (χ4n) is 3.07. The molecule has 0 fully saturated rings. The first-order chi connectivity index (χ1) is 14.9. The highest BCUT2D eigenvalue weighted by Crippen LogP contribution is 2.30. The number of hydrogen-bond donors (Lipinski definition) is 2. The van der Waals surface area contributed by atoms with Crippen LogP contribution in [0.25, 0.3) is 11.3 Å². The van der Waals surface area contributed by atoms with Gasteiger partial charge in [0.15, 0.2) is 0 Å². The highest BCUT2D eigenvalue weighted by Gasteiger charge is 2.25. The summed E-state index contributed by atoms with van der Waals surface area (Å²) in [5.41, 5.74) is 7.94. The summed E-state index contributed by atoms with van der Waals surface area (Å²) in [5.74, 6) is 0.102. The molecule has 0 radical (unpaired) electrons. The number of para-hydroxylation sites is 1. The van der Waals surface area contributed by atoms with Gasteiger partial charge in [-0.25, -0.2) is 13.5 Å². The molecular formula is C22H21F2N5O2. The Morgan fingerprint density at radius 1 is 1.26 bits per heavy atom. The second-order valence-electron chi connectivity index (χ2n) is 6.82. The molecule has 1 heterocycles. The van der Waals surface area contributed by atoms with E-state index in [1.807, 2.05) is 6.07 Å². The molecule has 0 aliphatic carbocycles. The third kappa shape index (κ3) is 4.48. The molecule has 2 aromatic carbocycles. The summed E-state index contributed by atoms with van der Waals surface area (Å²) in [4.78, 5) is 12.4. The van der Waals surface area contributed by atoms with Crippen LogP contribution in [-0.4, -0.2) is 29.2 Å². The standard InChI is InChI=1S/C22H21F2N5O2/c1-13(20(23)24)29-21(26)17(11-25)19(28-29)15-9-7-14(8-10-15)12-27-22(30)16-5-3-4-6-18(16)31-2/h3-10,13,20H,12,26H2,1-2H3,(H,27,30). The number of carbonyl (C=O) groups is 1. The van der Waals surface area contributed by atoms with Gasteiger partial charge < -0.3 is 15.8 Å². The maximum absolute atomic E-state index is 13.1. The van der Waals surface area contributed by atoms with Gasteiger partial charge in [0.05, 0.1) is 12.7 Å². The number of ether oxygens (including phenoxy) is 1. The molecule has 0 aliphatic heterocycles. The monoisotopic (exact) mass is 425 g/mol. The lowest BCUT2D eigenvalue weighted by molar-refractivity contribution is 0.0866. The lowest BCUT2D eigenvalue weighted by Crippen LogP contribution is -2.23. The molecule has 0 saturated carbocycles. The van der Waals surface area contributed by atoms with E-state index in [0.29, 0.717) is 16.9 Å². The molecule has 3 N–H and O–H groups in total. The minimum absolute atomic E-state index is 0.0460. The normalized spacial score (nSPS) is 11.7. The Morgan fingerprint density at radius 2 is 1.94 bits per heavy atom. The van der Waals surface area contributed by atoms with Crippen molar-refractivity contribution in [3.8, 4) is 23.1 Å². The van der Waals surface area contributed by atoms with Crippen molar-refractivity contribution in [1.29, 1.82) is 5.26 Å². The molecule has 9 heteroatoms. The predicted octanol–water partition coefficient (Wildman–Crippen LogP) is 3.77. The maximum atomic E-state index is 13.1. The zero-order chi connectivity index (χ0) is 22.5. The number of halogens is 2. The lowest BCUT2D eigenvalue weighted by Gasteiger charge is -2.12. The number of nitrogens with one attached hydrogen (secondary N) is 1. The van der Waals surface area contributed by atoms with Gasteiger partial charge in [0.25, 0.3) is 12.3 Å². The average molecular weight is 425 g/mol. The van der Waals surface area contributed by atoms with E-state index in [2.05, 4.69) is 10.4 Å². The van der Waals surface area contributed by atoms with E-state index >= 15 is 0 Å². The van der Waals surface area contributed by atoms with Crippen LogP contribution < -0.4 is 15.8 Å². The summed E-state index contributed by atoms with van der Waals surface area (Å²) in [5, 5.41) is 16.4. The summed E-state index contributed by atoms with van der Waals surface area (Å²) in [7, 11) is 1.50. The van der Waals surface area contributed by atoms with Crippen molar-refractivity contribution >= 4 is 11.7 Å². The van der Waals surface area contributed by atoms with Gasteiger partial charge in [0.1, 0.15) is 34.9 Å². The van der Waals surface area contributed by atoms with Gasteiger partial charge in [-0.3, -0.25) is 4.79 Å². The number of alkyl halides is 2. The molecule has 0 saturated heterocycles. The largest absolute Gasteiger partial charge is 0.496 e.